The van der Waals surface area contributed by atoms with Crippen LogP contribution in [0.1, 0.15) is 0 Å². The van der Waals surface area contributed by atoms with E-state index in [1.54, 1.807) is 0 Å². The molecular weight excluding hydrogens is 641 g/mol. The van der Waals surface area contributed by atoms with Gasteiger partial charge in [0.2, 0.25) is 0 Å². The van der Waals surface area contributed by atoms with Gasteiger partial charge in [0.1, 0.15) is 5.69 Å². The predicted molar refractivity (Wildman–Crippen MR) is 216 cm³/mol. The van der Waals surface area contributed by atoms with Crippen molar-refractivity contribution in [2.45, 2.75) is 0 Å². The number of hydrogen-bond acceptors (Lipinski definition) is 3. The fourth-order valence-electron chi connectivity index (χ4n) is 9.06. The maximum atomic E-state index is 5.65. The van der Waals surface area contributed by atoms with Crippen molar-refractivity contribution in [3.05, 3.63) is 146 Å². The van der Waals surface area contributed by atoms with Gasteiger partial charge in [-0.2, -0.15) is 0 Å². The molecular formula is C46H24N4S. The van der Waals surface area contributed by atoms with E-state index < -0.39 is 0 Å². The zero-order valence-electron chi connectivity index (χ0n) is 27.1. The van der Waals surface area contributed by atoms with E-state index in [2.05, 4.69) is 155 Å². The topological polar surface area (TPSA) is 35.1 Å². The number of aromatic nitrogens is 4. The zero-order valence-corrected chi connectivity index (χ0v) is 27.9. The molecule has 51 heavy (non-hydrogen) atoms. The van der Waals surface area contributed by atoms with E-state index in [4.69, 9.17) is 9.97 Å². The maximum absolute atomic E-state index is 5.65. The molecule has 0 bridgehead atoms. The van der Waals surface area contributed by atoms with Crippen molar-refractivity contribution in [3.63, 3.8) is 0 Å². The molecule has 0 aliphatic carbocycles. The number of hydrogen-bond donors (Lipinski definition) is 0. The Hall–Kier alpha value is -6.56. The standard InChI is InChI=1S/C46H24N4S/c1-2-10-27-24-28(17-16-25(27)8-1)43-46(48-44-29-11-4-3-9-26(29)18-20-32(44)47-43)50-35-15-7-14-34-39(35)40-36(50)21-23-37-41(40)42-38(51-37)22-19-31-30-12-5-6-13-33(30)49(34)45(31)42/h1-24H. The minimum atomic E-state index is 0.841. The van der Waals surface area contributed by atoms with Crippen LogP contribution in [0.15, 0.2) is 146 Å². The molecule has 234 valence electrons. The van der Waals surface area contributed by atoms with E-state index in [0.29, 0.717) is 0 Å². The van der Waals surface area contributed by atoms with Crippen molar-refractivity contribution in [1.82, 2.24) is 18.9 Å². The summed E-state index contributed by atoms with van der Waals surface area (Å²) in [7, 11) is 0. The summed E-state index contributed by atoms with van der Waals surface area (Å²) in [6.45, 7) is 0. The van der Waals surface area contributed by atoms with Crippen LogP contribution in [0.4, 0.5) is 0 Å². The second-order valence-corrected chi connectivity index (χ2v) is 14.8. The highest BCUT2D eigenvalue weighted by molar-refractivity contribution is 7.26. The Balaban J connectivity index is 1.27. The lowest BCUT2D eigenvalue weighted by molar-refractivity contribution is 1.08. The molecule has 5 aromatic heterocycles. The molecule has 0 radical (unpaired) electrons. The van der Waals surface area contributed by atoms with Crippen LogP contribution in [-0.2, 0) is 0 Å². The van der Waals surface area contributed by atoms with Crippen molar-refractivity contribution in [2.24, 2.45) is 0 Å². The smallest absolute Gasteiger partial charge is 0.165 e. The summed E-state index contributed by atoms with van der Waals surface area (Å²) in [5.41, 5.74) is 9.73. The molecule has 0 N–H and O–H groups in total. The number of thiophene rings is 1. The van der Waals surface area contributed by atoms with Crippen LogP contribution in [0.2, 0.25) is 0 Å². The maximum Gasteiger partial charge on any atom is 0.165 e. The minimum absolute atomic E-state index is 0.841. The predicted octanol–water partition coefficient (Wildman–Crippen LogP) is 12.5. The van der Waals surface area contributed by atoms with Gasteiger partial charge in [-0.1, -0.05) is 97.1 Å². The number of fused-ring (bicyclic) bond motifs is 8. The summed E-state index contributed by atoms with van der Waals surface area (Å²) in [6, 6.07) is 52.9. The molecule has 0 unspecified atom stereocenters. The highest BCUT2D eigenvalue weighted by atomic mass is 32.1. The van der Waals surface area contributed by atoms with Gasteiger partial charge in [0, 0.05) is 52.7 Å². The minimum Gasteiger partial charge on any atom is -0.308 e. The molecule has 0 saturated heterocycles. The zero-order chi connectivity index (χ0) is 32.9. The molecule has 5 heteroatoms. The summed E-state index contributed by atoms with van der Waals surface area (Å²) >= 11 is 1.89. The molecule has 5 heterocycles. The van der Waals surface area contributed by atoms with E-state index in [1.165, 1.54) is 69.0 Å². The summed E-state index contributed by atoms with van der Waals surface area (Å²) in [4.78, 5) is 11.1. The quantitative estimate of drug-likeness (QED) is 0.172. The molecule has 0 aliphatic heterocycles. The van der Waals surface area contributed by atoms with E-state index in [9.17, 15) is 0 Å². The average Bonchev–Trinajstić information content (AvgIpc) is 3.81. The molecule has 0 atom stereocenters. The van der Waals surface area contributed by atoms with E-state index in [1.807, 2.05) is 11.3 Å². The number of benzene rings is 8. The van der Waals surface area contributed by atoms with Gasteiger partial charge in [-0.05, 0) is 64.7 Å². The van der Waals surface area contributed by atoms with Gasteiger partial charge in [-0.25, -0.2) is 9.97 Å². The lowest BCUT2D eigenvalue weighted by Gasteiger charge is -2.15. The van der Waals surface area contributed by atoms with Crippen molar-refractivity contribution < 1.29 is 0 Å². The largest absolute Gasteiger partial charge is 0.308 e. The van der Waals surface area contributed by atoms with Crippen LogP contribution in [0.5, 0.6) is 0 Å². The second-order valence-electron chi connectivity index (χ2n) is 13.7. The van der Waals surface area contributed by atoms with E-state index in [-0.39, 0.29) is 0 Å². The fourth-order valence-corrected chi connectivity index (χ4v) is 10.2. The first kappa shape index (κ1) is 26.3. The monoisotopic (exact) mass is 664 g/mol. The van der Waals surface area contributed by atoms with Gasteiger partial charge in [0.25, 0.3) is 0 Å². The van der Waals surface area contributed by atoms with Crippen molar-refractivity contribution in [1.29, 1.82) is 0 Å². The first-order valence-electron chi connectivity index (χ1n) is 17.3. The summed E-state index contributed by atoms with van der Waals surface area (Å²) < 4.78 is 7.54. The molecule has 0 fully saturated rings. The Kier molecular flexibility index (Phi) is 4.73. The van der Waals surface area contributed by atoms with Gasteiger partial charge < -0.3 is 4.40 Å². The number of rotatable bonds is 2. The Labute approximate surface area is 293 Å². The van der Waals surface area contributed by atoms with E-state index in [0.717, 1.165) is 49.9 Å². The van der Waals surface area contributed by atoms with Crippen LogP contribution >= 0.6 is 11.3 Å². The third-order valence-electron chi connectivity index (χ3n) is 11.2. The van der Waals surface area contributed by atoms with Crippen LogP contribution in [-0.4, -0.2) is 18.9 Å². The second kappa shape index (κ2) is 9.16. The number of nitrogens with zero attached hydrogens (tertiary/aromatic N) is 4. The third-order valence-corrected chi connectivity index (χ3v) is 12.3. The fraction of sp³-hybridized carbons (Fsp3) is 0. The summed E-state index contributed by atoms with van der Waals surface area (Å²) in [5, 5.41) is 12.5. The van der Waals surface area contributed by atoms with Crippen LogP contribution in [0.25, 0.3) is 119 Å². The number of para-hydroxylation sites is 1. The molecule has 0 saturated carbocycles. The van der Waals surface area contributed by atoms with Crippen LogP contribution in [0.3, 0.4) is 0 Å². The molecule has 8 aromatic carbocycles. The molecule has 0 spiro atoms. The third kappa shape index (κ3) is 3.21. The summed E-state index contributed by atoms with van der Waals surface area (Å²) in [5.74, 6) is 0.841. The first-order chi connectivity index (χ1) is 25.3. The highest BCUT2D eigenvalue weighted by Gasteiger charge is 2.27. The van der Waals surface area contributed by atoms with Crippen molar-refractivity contribution in [2.75, 3.05) is 0 Å². The highest BCUT2D eigenvalue weighted by Crippen LogP contribution is 2.50. The molecule has 4 nitrogen and oxygen atoms in total. The lowest BCUT2D eigenvalue weighted by atomic mass is 10.0. The van der Waals surface area contributed by atoms with Gasteiger partial charge in [0.05, 0.1) is 38.6 Å². The molecule has 0 aliphatic rings. The van der Waals surface area contributed by atoms with Crippen LogP contribution in [0, 0.1) is 0 Å². The van der Waals surface area contributed by atoms with Crippen molar-refractivity contribution in [3.8, 4) is 17.1 Å². The Bertz CT molecular complexity index is 3600. The first-order valence-corrected chi connectivity index (χ1v) is 18.2. The Morgan fingerprint density at radius 2 is 1.18 bits per heavy atom. The van der Waals surface area contributed by atoms with Gasteiger partial charge in [-0.15, -0.1) is 11.3 Å². The van der Waals surface area contributed by atoms with Gasteiger partial charge in [0.15, 0.2) is 5.82 Å². The van der Waals surface area contributed by atoms with Crippen molar-refractivity contribution >= 4 is 113 Å². The molecule has 13 aromatic rings. The molecule has 0 amide bonds. The Morgan fingerprint density at radius 1 is 0.451 bits per heavy atom. The van der Waals surface area contributed by atoms with Crippen LogP contribution < -0.4 is 0 Å². The summed E-state index contributed by atoms with van der Waals surface area (Å²) in [6.07, 6.45) is 0. The average molecular weight is 665 g/mol. The lowest BCUT2D eigenvalue weighted by Crippen LogP contribution is -2.04. The Morgan fingerprint density at radius 3 is 2.12 bits per heavy atom. The van der Waals surface area contributed by atoms with Gasteiger partial charge in [-0.3, -0.25) is 4.57 Å². The molecule has 13 rings (SSSR count). The van der Waals surface area contributed by atoms with Gasteiger partial charge >= 0.3 is 0 Å². The normalized spacial score (nSPS) is 12.7. The van der Waals surface area contributed by atoms with E-state index >= 15 is 0 Å². The SMILES string of the molecule is c1ccc2cc(-c3nc4ccc5ccccc5c4nc3-n3c4ccc5sc6ccc7c8ccccc8n8c9cccc3c9c4c5c6c78)ccc2c1.